The van der Waals surface area contributed by atoms with E-state index in [1.54, 1.807) is 6.07 Å². The van der Waals surface area contributed by atoms with Crippen molar-refractivity contribution in [3.05, 3.63) is 34.9 Å². The van der Waals surface area contributed by atoms with Gasteiger partial charge in [0.1, 0.15) is 0 Å². The molecule has 0 bridgehead atoms. The van der Waals surface area contributed by atoms with E-state index in [1.165, 1.54) is 19.1 Å². The number of aryl methyl sites for hydroxylation is 1. The van der Waals surface area contributed by atoms with E-state index in [0.29, 0.717) is 6.42 Å². The van der Waals surface area contributed by atoms with Gasteiger partial charge in [-0.3, -0.25) is 9.59 Å². The van der Waals surface area contributed by atoms with Crippen LogP contribution >= 0.6 is 0 Å². The van der Waals surface area contributed by atoms with Gasteiger partial charge in [0, 0.05) is 11.1 Å². The number of rotatable bonds is 3. The molecule has 1 N–H and O–H groups in total. The second-order valence-corrected chi connectivity index (χ2v) is 4.32. The number of aliphatic hydroxyl groups is 1. The van der Waals surface area contributed by atoms with Crippen LogP contribution in [0.1, 0.15) is 40.1 Å². The second kappa shape index (κ2) is 4.59. The first-order valence-corrected chi connectivity index (χ1v) is 6.08. The molecule has 2 rings (SSSR count). The van der Waals surface area contributed by atoms with Gasteiger partial charge in [0.2, 0.25) is 11.6 Å². The highest BCUT2D eigenvalue weighted by Gasteiger charge is 2.58. The maximum atomic E-state index is 12.1. The third-order valence-corrected chi connectivity index (χ3v) is 3.21. The summed E-state index contributed by atoms with van der Waals surface area (Å²) in [6, 6.07) is 4.69. The average molecular weight is 262 g/mol. The lowest BCUT2D eigenvalue weighted by atomic mass is 9.98. The lowest BCUT2D eigenvalue weighted by Gasteiger charge is -2.16. The highest BCUT2D eigenvalue weighted by molar-refractivity contribution is 6.41. The van der Waals surface area contributed by atoms with Crippen molar-refractivity contribution in [1.29, 1.82) is 0 Å². The monoisotopic (exact) mass is 262 g/mol. The van der Waals surface area contributed by atoms with Gasteiger partial charge in [0.15, 0.2) is 0 Å². The number of esters is 1. The number of ketones is 2. The Labute approximate surface area is 110 Å². The molecule has 0 fully saturated rings. The van der Waals surface area contributed by atoms with Crippen LogP contribution in [0.2, 0.25) is 0 Å². The number of fused-ring (bicyclic) bond motifs is 1. The molecule has 0 aromatic heterocycles. The zero-order valence-corrected chi connectivity index (χ0v) is 10.7. The molecule has 19 heavy (non-hydrogen) atoms. The van der Waals surface area contributed by atoms with Crippen molar-refractivity contribution in [2.45, 2.75) is 25.9 Å². The molecule has 5 heteroatoms. The van der Waals surface area contributed by atoms with Crippen molar-refractivity contribution >= 4 is 17.5 Å². The molecule has 1 aliphatic carbocycles. The summed E-state index contributed by atoms with van der Waals surface area (Å²) >= 11 is 0. The molecule has 0 radical (unpaired) electrons. The molecule has 1 aliphatic rings. The Hall–Kier alpha value is -2.01. The molecule has 0 heterocycles. The quantitative estimate of drug-likeness (QED) is 0.647. The number of hydrogen-bond donors (Lipinski definition) is 1. The number of carbonyl (C=O) groups is 3. The summed E-state index contributed by atoms with van der Waals surface area (Å²) in [5, 5.41) is 10.1. The highest BCUT2D eigenvalue weighted by Crippen LogP contribution is 2.32. The van der Waals surface area contributed by atoms with Crippen LogP contribution in [0.25, 0.3) is 0 Å². The summed E-state index contributed by atoms with van der Waals surface area (Å²) in [7, 11) is 0. The largest absolute Gasteiger partial charge is 0.463 e. The third-order valence-electron chi connectivity index (χ3n) is 3.21. The molecule has 0 saturated heterocycles. The fraction of sp³-hybridized carbons (Fsp3) is 0.357. The molecule has 1 aromatic carbocycles. The van der Waals surface area contributed by atoms with Crippen molar-refractivity contribution in [2.24, 2.45) is 0 Å². The molecule has 1 atom stereocenters. The minimum Gasteiger partial charge on any atom is -0.463 e. The van der Waals surface area contributed by atoms with Crippen LogP contribution in [-0.4, -0.2) is 34.9 Å². The number of hydrogen-bond acceptors (Lipinski definition) is 5. The first-order valence-electron chi connectivity index (χ1n) is 6.08. The van der Waals surface area contributed by atoms with E-state index in [1.807, 2.05) is 6.92 Å². The number of benzene rings is 1. The fourth-order valence-electron chi connectivity index (χ4n) is 2.11. The molecular weight excluding hydrogens is 248 g/mol. The van der Waals surface area contributed by atoms with Crippen molar-refractivity contribution in [2.75, 3.05) is 6.61 Å². The third kappa shape index (κ3) is 1.77. The van der Waals surface area contributed by atoms with E-state index in [0.717, 1.165) is 5.56 Å². The van der Waals surface area contributed by atoms with Gasteiger partial charge < -0.3 is 9.84 Å². The lowest BCUT2D eigenvalue weighted by Crippen LogP contribution is -2.50. The van der Waals surface area contributed by atoms with E-state index in [2.05, 4.69) is 4.74 Å². The van der Waals surface area contributed by atoms with E-state index in [9.17, 15) is 19.5 Å². The number of Topliss-reactive ketones (excluding diaryl/α,β-unsaturated/α-hetero) is 2. The lowest BCUT2D eigenvalue weighted by molar-refractivity contribution is -0.155. The van der Waals surface area contributed by atoms with Crippen LogP contribution in [0, 0.1) is 0 Å². The Morgan fingerprint density at radius 1 is 1.21 bits per heavy atom. The number of carbonyl (C=O) groups excluding carboxylic acids is 3. The molecule has 0 aliphatic heterocycles. The molecule has 0 saturated carbocycles. The molecule has 0 spiro atoms. The van der Waals surface area contributed by atoms with Gasteiger partial charge in [-0.15, -0.1) is 0 Å². The zero-order valence-electron chi connectivity index (χ0n) is 10.7. The minimum atomic E-state index is -2.72. The van der Waals surface area contributed by atoms with Gasteiger partial charge >= 0.3 is 5.97 Å². The van der Waals surface area contributed by atoms with Crippen LogP contribution in [-0.2, 0) is 16.0 Å². The molecule has 1 unspecified atom stereocenters. The van der Waals surface area contributed by atoms with Gasteiger partial charge in [-0.2, -0.15) is 0 Å². The van der Waals surface area contributed by atoms with Crippen molar-refractivity contribution in [1.82, 2.24) is 0 Å². The van der Waals surface area contributed by atoms with Crippen LogP contribution in [0.4, 0.5) is 0 Å². The normalized spacial score (nSPS) is 21.4. The van der Waals surface area contributed by atoms with Gasteiger partial charge in [-0.05, 0) is 25.0 Å². The molecular formula is C14H14O5. The maximum absolute atomic E-state index is 12.1. The van der Waals surface area contributed by atoms with Crippen molar-refractivity contribution < 1.29 is 24.2 Å². The van der Waals surface area contributed by atoms with Crippen LogP contribution in [0.15, 0.2) is 18.2 Å². The first kappa shape index (κ1) is 13.4. The predicted molar refractivity (Wildman–Crippen MR) is 66.1 cm³/mol. The SMILES string of the molecule is CCOC(=O)C1(O)C(=O)c2ccc(CC)cc2C1=O. The second-order valence-electron chi connectivity index (χ2n) is 4.32. The first-order chi connectivity index (χ1) is 8.96. The van der Waals surface area contributed by atoms with Gasteiger partial charge in [-0.25, -0.2) is 4.79 Å². The van der Waals surface area contributed by atoms with E-state index >= 15 is 0 Å². The van der Waals surface area contributed by atoms with Crippen LogP contribution in [0.3, 0.4) is 0 Å². The molecule has 100 valence electrons. The Balaban J connectivity index is 2.52. The Bertz CT molecular complexity index is 575. The Morgan fingerprint density at radius 3 is 2.42 bits per heavy atom. The highest BCUT2D eigenvalue weighted by atomic mass is 16.6. The van der Waals surface area contributed by atoms with Gasteiger partial charge in [-0.1, -0.05) is 19.1 Å². The standard InChI is InChI=1S/C14H14O5/c1-3-8-5-6-9-10(7-8)12(16)14(18,11(9)15)13(17)19-4-2/h5-7,18H,3-4H2,1-2H3. The summed E-state index contributed by atoms with van der Waals surface area (Å²) < 4.78 is 4.63. The smallest absolute Gasteiger partial charge is 0.354 e. The molecule has 0 amide bonds. The average Bonchev–Trinajstić information content (AvgIpc) is 2.62. The van der Waals surface area contributed by atoms with E-state index < -0.39 is 23.1 Å². The van der Waals surface area contributed by atoms with E-state index in [-0.39, 0.29) is 17.7 Å². The van der Waals surface area contributed by atoms with Crippen molar-refractivity contribution in [3.63, 3.8) is 0 Å². The molecule has 1 aromatic rings. The van der Waals surface area contributed by atoms with Crippen LogP contribution in [0.5, 0.6) is 0 Å². The Morgan fingerprint density at radius 2 is 1.84 bits per heavy atom. The summed E-state index contributed by atoms with van der Waals surface area (Å²) in [4.78, 5) is 35.9. The zero-order chi connectivity index (χ0) is 14.2. The Kier molecular flexibility index (Phi) is 3.24. The predicted octanol–water partition coefficient (Wildman–Crippen LogP) is 0.922. The van der Waals surface area contributed by atoms with E-state index in [4.69, 9.17) is 0 Å². The summed E-state index contributed by atoms with van der Waals surface area (Å²) in [6.07, 6.45) is 0.687. The minimum absolute atomic E-state index is 0.0156. The molecule has 5 nitrogen and oxygen atoms in total. The van der Waals surface area contributed by atoms with Crippen molar-refractivity contribution in [3.8, 4) is 0 Å². The maximum Gasteiger partial charge on any atom is 0.354 e. The van der Waals surface area contributed by atoms with Gasteiger partial charge in [0.05, 0.1) is 6.61 Å². The van der Waals surface area contributed by atoms with Gasteiger partial charge in [0.25, 0.3) is 5.60 Å². The van der Waals surface area contributed by atoms with Crippen LogP contribution < -0.4 is 0 Å². The summed E-state index contributed by atoms with van der Waals surface area (Å²) in [5.41, 5.74) is -1.71. The topological polar surface area (TPSA) is 80.7 Å². The summed E-state index contributed by atoms with van der Waals surface area (Å²) in [5.74, 6) is -3.02. The number of ether oxygens (including phenoxy) is 1. The summed E-state index contributed by atoms with van der Waals surface area (Å²) in [6.45, 7) is 3.42. The fourth-order valence-corrected chi connectivity index (χ4v) is 2.11.